The molecule has 0 radical (unpaired) electrons. The van der Waals surface area contributed by atoms with E-state index in [1.165, 1.54) is 12.1 Å². The second-order valence-corrected chi connectivity index (χ2v) is 4.65. The predicted octanol–water partition coefficient (Wildman–Crippen LogP) is 3.52. The number of carbonyl (C=O) groups excluding carboxylic acids is 1. The molecule has 0 heterocycles. The number of alkyl halides is 3. The van der Waals surface area contributed by atoms with Crippen LogP contribution in [0.5, 0.6) is 0 Å². The number of rotatable bonds is 3. The summed E-state index contributed by atoms with van der Waals surface area (Å²) in [6, 6.07) is 4.28. The Morgan fingerprint density at radius 3 is 2.67 bits per heavy atom. The summed E-state index contributed by atoms with van der Waals surface area (Å²) >= 11 is 0. The normalized spacial score (nSPS) is 22.7. The van der Waals surface area contributed by atoms with Crippen LogP contribution in [0.25, 0.3) is 0 Å². The van der Waals surface area contributed by atoms with Gasteiger partial charge in [-0.05, 0) is 36.5 Å². The summed E-state index contributed by atoms with van der Waals surface area (Å²) in [5.74, 6) is 0.208. The van der Waals surface area contributed by atoms with Crippen molar-refractivity contribution in [2.75, 3.05) is 6.61 Å². The maximum atomic E-state index is 12.5. The molecule has 1 fully saturated rings. The van der Waals surface area contributed by atoms with Gasteiger partial charge >= 0.3 is 12.1 Å². The molecule has 0 N–H and O–H groups in total. The minimum Gasteiger partial charge on any atom is -0.462 e. The van der Waals surface area contributed by atoms with Gasteiger partial charge in [0.05, 0.1) is 17.7 Å². The highest BCUT2D eigenvalue weighted by Gasteiger charge is 2.34. The van der Waals surface area contributed by atoms with Crippen LogP contribution in [0.4, 0.5) is 13.2 Å². The van der Waals surface area contributed by atoms with Crippen molar-refractivity contribution < 1.29 is 22.7 Å². The zero-order valence-electron chi connectivity index (χ0n) is 9.83. The fraction of sp³-hybridized carbons (Fsp3) is 0.462. The quantitative estimate of drug-likeness (QED) is 0.775. The second-order valence-electron chi connectivity index (χ2n) is 4.65. The highest BCUT2D eigenvalue weighted by Crippen LogP contribution is 2.37. The van der Waals surface area contributed by atoms with Crippen LogP contribution >= 0.6 is 0 Å². The van der Waals surface area contributed by atoms with E-state index in [1.54, 1.807) is 0 Å². The molecule has 2 atom stereocenters. The Kier molecular flexibility index (Phi) is 3.32. The first-order chi connectivity index (χ1) is 8.38. The summed E-state index contributed by atoms with van der Waals surface area (Å²) in [5, 5.41) is 0. The van der Waals surface area contributed by atoms with Crippen molar-refractivity contribution in [1.82, 2.24) is 0 Å². The van der Waals surface area contributed by atoms with E-state index in [1.807, 2.05) is 6.92 Å². The number of ether oxygens (including phenoxy) is 1. The Labute approximate surface area is 103 Å². The molecular weight excluding hydrogens is 245 g/mol. The minimum absolute atomic E-state index is 0.0573. The molecule has 18 heavy (non-hydrogen) atoms. The van der Waals surface area contributed by atoms with Crippen molar-refractivity contribution in [3.63, 3.8) is 0 Å². The fourth-order valence-electron chi connectivity index (χ4n) is 1.72. The van der Waals surface area contributed by atoms with Gasteiger partial charge in [0.2, 0.25) is 0 Å². The Balaban J connectivity index is 2.01. The molecule has 2 unspecified atom stereocenters. The third-order valence-electron chi connectivity index (χ3n) is 3.13. The zero-order chi connectivity index (χ0) is 13.3. The Morgan fingerprint density at radius 2 is 2.11 bits per heavy atom. The highest BCUT2D eigenvalue weighted by atomic mass is 19.4. The molecule has 0 spiro atoms. The number of halogens is 3. The molecule has 5 heteroatoms. The number of benzene rings is 1. The van der Waals surface area contributed by atoms with Gasteiger partial charge in [-0.3, -0.25) is 0 Å². The third kappa shape index (κ3) is 3.03. The lowest BCUT2D eigenvalue weighted by molar-refractivity contribution is -0.137. The molecule has 0 bridgehead atoms. The monoisotopic (exact) mass is 258 g/mol. The van der Waals surface area contributed by atoms with Crippen molar-refractivity contribution in [1.29, 1.82) is 0 Å². The summed E-state index contributed by atoms with van der Waals surface area (Å²) in [4.78, 5) is 11.6. The molecule has 2 nitrogen and oxygen atoms in total. The van der Waals surface area contributed by atoms with Gasteiger partial charge in [0.1, 0.15) is 0 Å². The maximum Gasteiger partial charge on any atom is 0.416 e. The lowest BCUT2D eigenvalue weighted by atomic mass is 10.1. The molecule has 1 aromatic carbocycles. The number of esters is 1. The van der Waals surface area contributed by atoms with Crippen molar-refractivity contribution in [3.8, 4) is 0 Å². The molecule has 1 saturated carbocycles. The Bertz CT molecular complexity index is 454. The van der Waals surface area contributed by atoms with Crippen LogP contribution in [0.1, 0.15) is 29.3 Å². The first-order valence-electron chi connectivity index (χ1n) is 5.72. The van der Waals surface area contributed by atoms with Gasteiger partial charge in [0.15, 0.2) is 0 Å². The molecule has 0 aromatic heterocycles. The molecule has 1 aromatic rings. The third-order valence-corrected chi connectivity index (χ3v) is 3.13. The first kappa shape index (κ1) is 12.9. The van der Waals surface area contributed by atoms with E-state index in [0.717, 1.165) is 18.6 Å². The summed E-state index contributed by atoms with van der Waals surface area (Å²) in [6.45, 7) is 2.33. The number of carbonyl (C=O) groups is 1. The molecule has 0 amide bonds. The van der Waals surface area contributed by atoms with Crippen molar-refractivity contribution in [2.45, 2.75) is 19.5 Å². The largest absolute Gasteiger partial charge is 0.462 e. The predicted molar refractivity (Wildman–Crippen MR) is 59.0 cm³/mol. The van der Waals surface area contributed by atoms with Crippen LogP contribution in [0.3, 0.4) is 0 Å². The van der Waals surface area contributed by atoms with Crippen LogP contribution in [0, 0.1) is 11.8 Å². The fourth-order valence-corrected chi connectivity index (χ4v) is 1.72. The number of hydrogen-bond acceptors (Lipinski definition) is 2. The summed E-state index contributed by atoms with van der Waals surface area (Å²) < 4.78 is 42.3. The zero-order valence-corrected chi connectivity index (χ0v) is 9.83. The maximum absolute atomic E-state index is 12.5. The van der Waals surface area contributed by atoms with Crippen LogP contribution in [0.2, 0.25) is 0 Å². The van der Waals surface area contributed by atoms with Gasteiger partial charge in [-0.25, -0.2) is 4.79 Å². The Hall–Kier alpha value is -1.52. The average molecular weight is 258 g/mol. The van der Waals surface area contributed by atoms with Gasteiger partial charge in [0.25, 0.3) is 0 Å². The van der Waals surface area contributed by atoms with Gasteiger partial charge in [-0.2, -0.15) is 13.2 Å². The van der Waals surface area contributed by atoms with Gasteiger partial charge < -0.3 is 4.74 Å². The van der Waals surface area contributed by atoms with Crippen molar-refractivity contribution in [3.05, 3.63) is 35.4 Å². The second kappa shape index (κ2) is 4.63. The highest BCUT2D eigenvalue weighted by molar-refractivity contribution is 5.89. The molecule has 0 saturated heterocycles. The SMILES string of the molecule is CC1CC1COC(=O)c1cccc(C(F)(F)F)c1. The van der Waals surface area contributed by atoms with E-state index >= 15 is 0 Å². The summed E-state index contributed by atoms with van der Waals surface area (Å²) in [6.07, 6.45) is -3.43. The van der Waals surface area contributed by atoms with E-state index in [4.69, 9.17) is 4.74 Å². The van der Waals surface area contributed by atoms with Gasteiger partial charge in [-0.15, -0.1) is 0 Å². The molecule has 98 valence electrons. The number of hydrogen-bond donors (Lipinski definition) is 0. The smallest absolute Gasteiger partial charge is 0.416 e. The van der Waals surface area contributed by atoms with Crippen LogP contribution in [-0.4, -0.2) is 12.6 Å². The van der Waals surface area contributed by atoms with E-state index < -0.39 is 17.7 Å². The molecule has 0 aliphatic heterocycles. The molecular formula is C13H13F3O2. The van der Waals surface area contributed by atoms with Gasteiger partial charge in [-0.1, -0.05) is 13.0 Å². The van der Waals surface area contributed by atoms with Crippen LogP contribution in [-0.2, 0) is 10.9 Å². The van der Waals surface area contributed by atoms with Crippen LogP contribution < -0.4 is 0 Å². The van der Waals surface area contributed by atoms with E-state index in [2.05, 4.69) is 0 Å². The minimum atomic E-state index is -4.44. The standard InChI is InChI=1S/C13H13F3O2/c1-8-5-10(8)7-18-12(17)9-3-2-4-11(6-9)13(14,15)16/h2-4,6,8,10H,5,7H2,1H3. The molecule has 1 aliphatic rings. The van der Waals surface area contributed by atoms with Crippen molar-refractivity contribution >= 4 is 5.97 Å². The summed E-state index contributed by atoms with van der Waals surface area (Å²) in [7, 11) is 0. The Morgan fingerprint density at radius 1 is 1.44 bits per heavy atom. The summed E-state index contributed by atoms with van der Waals surface area (Å²) in [5.41, 5.74) is -0.894. The molecule has 1 aliphatic carbocycles. The van der Waals surface area contributed by atoms with E-state index in [0.29, 0.717) is 11.8 Å². The van der Waals surface area contributed by atoms with Crippen molar-refractivity contribution in [2.24, 2.45) is 11.8 Å². The molecule has 2 rings (SSSR count). The lowest BCUT2D eigenvalue weighted by Crippen LogP contribution is -2.11. The average Bonchev–Trinajstić information content (AvgIpc) is 3.01. The van der Waals surface area contributed by atoms with E-state index in [-0.39, 0.29) is 12.2 Å². The van der Waals surface area contributed by atoms with Gasteiger partial charge in [0, 0.05) is 0 Å². The first-order valence-corrected chi connectivity index (χ1v) is 5.72. The topological polar surface area (TPSA) is 26.3 Å². The van der Waals surface area contributed by atoms with E-state index in [9.17, 15) is 18.0 Å². The van der Waals surface area contributed by atoms with Crippen LogP contribution in [0.15, 0.2) is 24.3 Å². The lowest BCUT2D eigenvalue weighted by Gasteiger charge is -2.08.